The van der Waals surface area contributed by atoms with Gasteiger partial charge in [0.2, 0.25) is 0 Å². The van der Waals surface area contributed by atoms with E-state index in [1.165, 1.54) is 0 Å². The Labute approximate surface area is 146 Å². The monoisotopic (exact) mass is 343 g/mol. The zero-order chi connectivity index (χ0) is 18.1. The smallest absolute Gasteiger partial charge is 0.412 e. The predicted molar refractivity (Wildman–Crippen MR) is 94.6 cm³/mol. The van der Waals surface area contributed by atoms with Crippen LogP contribution in [0.5, 0.6) is 5.75 Å². The molecule has 0 radical (unpaired) electrons. The number of ether oxygens (including phenoxy) is 3. The molecule has 0 saturated carbocycles. The summed E-state index contributed by atoms with van der Waals surface area (Å²) in [5, 5.41) is 4.67. The first-order valence-corrected chi connectivity index (χ1v) is 7.91. The zero-order valence-corrected chi connectivity index (χ0v) is 14.1. The number of carbonyl (C=O) groups is 2. The second-order valence-corrected chi connectivity index (χ2v) is 5.35. The van der Waals surface area contributed by atoms with Crippen LogP contribution < -0.4 is 10.1 Å². The Hall–Kier alpha value is -2.86. The van der Waals surface area contributed by atoms with Gasteiger partial charge in [0.1, 0.15) is 12.4 Å². The van der Waals surface area contributed by atoms with E-state index in [9.17, 15) is 9.59 Å². The predicted octanol–water partition coefficient (Wildman–Crippen LogP) is 3.06. The second-order valence-electron chi connectivity index (χ2n) is 5.35. The minimum Gasteiger partial charge on any atom is -0.460 e. The molecule has 0 spiro atoms. The molecule has 0 unspecified atom stereocenters. The lowest BCUT2D eigenvalue weighted by molar-refractivity contribution is -0.140. The molecule has 0 aliphatic carbocycles. The van der Waals surface area contributed by atoms with Gasteiger partial charge in [-0.2, -0.15) is 0 Å². The number of amides is 1. The Morgan fingerprint density at radius 3 is 2.56 bits per heavy atom. The SMILES string of the molecule is C=C(C)C(=O)OCCOCCNC(=O)Oc1ccc2ccccc2c1. The van der Waals surface area contributed by atoms with Gasteiger partial charge in [-0.15, -0.1) is 0 Å². The van der Waals surface area contributed by atoms with Crippen LogP contribution in [0.3, 0.4) is 0 Å². The Bertz CT molecular complexity index is 756. The average Bonchev–Trinajstić information content (AvgIpc) is 2.60. The van der Waals surface area contributed by atoms with Crippen LogP contribution in [0, 0.1) is 0 Å². The van der Waals surface area contributed by atoms with Gasteiger partial charge in [-0.05, 0) is 29.8 Å². The number of hydrogen-bond acceptors (Lipinski definition) is 5. The number of benzene rings is 2. The fraction of sp³-hybridized carbons (Fsp3) is 0.263. The summed E-state index contributed by atoms with van der Waals surface area (Å²) in [6.07, 6.45) is -0.549. The van der Waals surface area contributed by atoms with Gasteiger partial charge in [-0.3, -0.25) is 0 Å². The first-order chi connectivity index (χ1) is 12.1. The summed E-state index contributed by atoms with van der Waals surface area (Å²) in [4.78, 5) is 22.9. The average molecular weight is 343 g/mol. The molecule has 1 N–H and O–H groups in total. The van der Waals surface area contributed by atoms with E-state index in [1.807, 2.05) is 30.3 Å². The van der Waals surface area contributed by atoms with Crippen molar-refractivity contribution in [3.8, 4) is 5.75 Å². The van der Waals surface area contributed by atoms with Crippen LogP contribution in [0.1, 0.15) is 6.92 Å². The number of rotatable bonds is 8. The van der Waals surface area contributed by atoms with E-state index in [0.717, 1.165) is 10.8 Å². The molecule has 2 rings (SSSR count). The standard InChI is InChI=1S/C19H21NO5/c1-14(2)18(21)24-12-11-23-10-9-20-19(22)25-17-8-7-15-5-3-4-6-16(15)13-17/h3-8,13H,1,9-12H2,2H3,(H,20,22). The summed E-state index contributed by atoms with van der Waals surface area (Å²) in [7, 11) is 0. The van der Waals surface area contributed by atoms with Gasteiger partial charge >= 0.3 is 12.1 Å². The third-order valence-corrected chi connectivity index (χ3v) is 3.26. The Balaban J connectivity index is 1.62. The quantitative estimate of drug-likeness (QED) is 0.453. The highest BCUT2D eigenvalue weighted by Crippen LogP contribution is 2.20. The van der Waals surface area contributed by atoms with Crippen LogP contribution in [-0.2, 0) is 14.3 Å². The number of hydrogen-bond donors (Lipinski definition) is 1. The maximum Gasteiger partial charge on any atom is 0.412 e. The van der Waals surface area contributed by atoms with Crippen LogP contribution in [0.15, 0.2) is 54.6 Å². The molecule has 0 aromatic heterocycles. The van der Waals surface area contributed by atoms with Crippen LogP contribution in [-0.4, -0.2) is 38.4 Å². The fourth-order valence-electron chi connectivity index (χ4n) is 2.02. The molecule has 2 aromatic carbocycles. The van der Waals surface area contributed by atoms with Crippen molar-refractivity contribution in [2.24, 2.45) is 0 Å². The van der Waals surface area contributed by atoms with Crippen molar-refractivity contribution in [3.63, 3.8) is 0 Å². The van der Waals surface area contributed by atoms with E-state index in [-0.39, 0.29) is 19.8 Å². The lowest BCUT2D eigenvalue weighted by Crippen LogP contribution is -2.30. The van der Waals surface area contributed by atoms with E-state index >= 15 is 0 Å². The van der Waals surface area contributed by atoms with Crippen LogP contribution >= 0.6 is 0 Å². The molecular formula is C19H21NO5. The van der Waals surface area contributed by atoms with Crippen molar-refractivity contribution < 1.29 is 23.8 Å². The third kappa shape index (κ3) is 6.27. The van der Waals surface area contributed by atoms with Gasteiger partial charge in [0, 0.05) is 12.1 Å². The lowest BCUT2D eigenvalue weighted by Gasteiger charge is -2.08. The minimum absolute atomic E-state index is 0.146. The molecule has 132 valence electrons. The summed E-state index contributed by atoms with van der Waals surface area (Å²) >= 11 is 0. The lowest BCUT2D eigenvalue weighted by atomic mass is 10.1. The summed E-state index contributed by atoms with van der Waals surface area (Å²) in [5.41, 5.74) is 0.345. The van der Waals surface area contributed by atoms with Crippen molar-refractivity contribution in [2.75, 3.05) is 26.4 Å². The topological polar surface area (TPSA) is 73.9 Å². The largest absolute Gasteiger partial charge is 0.460 e. The molecule has 1 amide bonds. The third-order valence-electron chi connectivity index (χ3n) is 3.26. The Kier molecular flexibility index (Phi) is 6.98. The number of fused-ring (bicyclic) bond motifs is 1. The van der Waals surface area contributed by atoms with Crippen molar-refractivity contribution in [1.82, 2.24) is 5.32 Å². The molecule has 0 saturated heterocycles. The Morgan fingerprint density at radius 2 is 1.80 bits per heavy atom. The van der Waals surface area contributed by atoms with Gasteiger partial charge in [-0.1, -0.05) is 36.9 Å². The molecule has 6 heteroatoms. The van der Waals surface area contributed by atoms with E-state index < -0.39 is 12.1 Å². The van der Waals surface area contributed by atoms with E-state index in [4.69, 9.17) is 14.2 Å². The molecule has 0 bridgehead atoms. The van der Waals surface area contributed by atoms with Gasteiger partial charge in [-0.25, -0.2) is 9.59 Å². The number of carbonyl (C=O) groups excluding carboxylic acids is 2. The molecular weight excluding hydrogens is 322 g/mol. The molecule has 0 atom stereocenters. The maximum atomic E-state index is 11.7. The molecule has 0 heterocycles. The molecule has 25 heavy (non-hydrogen) atoms. The summed E-state index contributed by atoms with van der Waals surface area (Å²) in [5.74, 6) is 0.0320. The van der Waals surface area contributed by atoms with Crippen molar-refractivity contribution in [2.45, 2.75) is 6.92 Å². The summed E-state index contributed by atoms with van der Waals surface area (Å²) < 4.78 is 15.3. The molecule has 0 aliphatic heterocycles. The van der Waals surface area contributed by atoms with E-state index in [0.29, 0.717) is 17.9 Å². The highest BCUT2D eigenvalue weighted by atomic mass is 16.6. The first-order valence-electron chi connectivity index (χ1n) is 7.91. The second kappa shape index (κ2) is 9.44. The molecule has 0 fully saturated rings. The first kappa shape index (κ1) is 18.5. The fourth-order valence-corrected chi connectivity index (χ4v) is 2.02. The van der Waals surface area contributed by atoms with Gasteiger partial charge in [0.05, 0.1) is 13.2 Å². The number of nitrogens with one attached hydrogen (secondary N) is 1. The van der Waals surface area contributed by atoms with Gasteiger partial charge in [0.15, 0.2) is 0 Å². The minimum atomic E-state index is -0.549. The maximum absolute atomic E-state index is 11.7. The van der Waals surface area contributed by atoms with E-state index in [1.54, 1.807) is 19.1 Å². The van der Waals surface area contributed by atoms with E-state index in [2.05, 4.69) is 11.9 Å². The van der Waals surface area contributed by atoms with Gasteiger partial charge in [0.25, 0.3) is 0 Å². The zero-order valence-electron chi connectivity index (χ0n) is 14.1. The summed E-state index contributed by atoms with van der Waals surface area (Å²) in [6.45, 7) is 6.03. The highest BCUT2D eigenvalue weighted by Gasteiger charge is 2.05. The van der Waals surface area contributed by atoms with Crippen LogP contribution in [0.2, 0.25) is 0 Å². The summed E-state index contributed by atoms with van der Waals surface area (Å²) in [6, 6.07) is 13.3. The van der Waals surface area contributed by atoms with Gasteiger partial charge < -0.3 is 19.5 Å². The van der Waals surface area contributed by atoms with Crippen LogP contribution in [0.25, 0.3) is 10.8 Å². The van der Waals surface area contributed by atoms with Crippen molar-refractivity contribution in [3.05, 3.63) is 54.6 Å². The van der Waals surface area contributed by atoms with Crippen LogP contribution in [0.4, 0.5) is 4.79 Å². The highest BCUT2D eigenvalue weighted by molar-refractivity contribution is 5.87. The normalized spacial score (nSPS) is 10.3. The molecule has 0 aliphatic rings. The Morgan fingerprint density at radius 1 is 1.04 bits per heavy atom. The number of esters is 1. The van der Waals surface area contributed by atoms with Crippen molar-refractivity contribution in [1.29, 1.82) is 0 Å². The van der Waals surface area contributed by atoms with Crippen molar-refractivity contribution >= 4 is 22.8 Å². The molecule has 2 aromatic rings. The molecule has 6 nitrogen and oxygen atoms in total.